The van der Waals surface area contributed by atoms with E-state index in [2.05, 4.69) is 0 Å². The highest BCUT2D eigenvalue weighted by molar-refractivity contribution is 7.85. The molecule has 0 radical (unpaired) electrons. The molecular formula is C11H7O5S-. The van der Waals surface area contributed by atoms with Gasteiger partial charge in [-0.15, -0.1) is 0 Å². The minimum atomic E-state index is -4.44. The van der Waals surface area contributed by atoms with Gasteiger partial charge < -0.3 is 8.97 Å². The molecule has 0 unspecified atom stereocenters. The van der Waals surface area contributed by atoms with E-state index in [1.165, 1.54) is 30.3 Å². The zero-order valence-electron chi connectivity index (χ0n) is 8.49. The van der Waals surface area contributed by atoms with Crippen LogP contribution in [0.3, 0.4) is 0 Å². The Balaban J connectivity index is 2.38. The molecule has 0 aliphatic carbocycles. The average Bonchev–Trinajstić information content (AvgIpc) is 2.76. The number of hydrogen-bond acceptors (Lipinski definition) is 5. The molecule has 0 amide bonds. The number of rotatable bonds is 3. The van der Waals surface area contributed by atoms with Gasteiger partial charge >= 0.3 is 0 Å². The van der Waals surface area contributed by atoms with Crippen molar-refractivity contribution in [2.45, 2.75) is 4.90 Å². The lowest BCUT2D eigenvalue weighted by Gasteiger charge is -2.06. The average molecular weight is 251 g/mol. The van der Waals surface area contributed by atoms with Crippen LogP contribution in [-0.4, -0.2) is 19.3 Å². The fourth-order valence-electron chi connectivity index (χ4n) is 1.36. The highest BCUT2D eigenvalue weighted by Gasteiger charge is 2.06. The van der Waals surface area contributed by atoms with Crippen LogP contribution in [0.25, 0.3) is 11.3 Å². The SMILES string of the molecule is O=Cc1ccc(-c2ccc(S(=O)(=O)[O-])cc2)o1. The summed E-state index contributed by atoms with van der Waals surface area (Å²) in [6.45, 7) is 0. The Labute approximate surface area is 97.4 Å². The molecule has 1 heterocycles. The fourth-order valence-corrected chi connectivity index (χ4v) is 1.83. The van der Waals surface area contributed by atoms with Crippen molar-refractivity contribution in [2.24, 2.45) is 0 Å². The van der Waals surface area contributed by atoms with Crippen molar-refractivity contribution in [1.29, 1.82) is 0 Å². The monoisotopic (exact) mass is 251 g/mol. The van der Waals surface area contributed by atoms with Crippen LogP contribution in [-0.2, 0) is 10.1 Å². The first-order valence-corrected chi connectivity index (χ1v) is 6.03. The highest BCUT2D eigenvalue weighted by Crippen LogP contribution is 2.22. The summed E-state index contributed by atoms with van der Waals surface area (Å²) in [5.41, 5.74) is 0.588. The van der Waals surface area contributed by atoms with E-state index in [1.54, 1.807) is 6.07 Å². The molecule has 0 fully saturated rings. The number of benzene rings is 1. The number of aldehydes is 1. The second kappa shape index (κ2) is 4.15. The third-order valence-corrected chi connectivity index (χ3v) is 3.02. The van der Waals surface area contributed by atoms with E-state index < -0.39 is 10.1 Å². The van der Waals surface area contributed by atoms with Crippen LogP contribution in [0.1, 0.15) is 10.6 Å². The van der Waals surface area contributed by atoms with Crippen molar-refractivity contribution in [2.75, 3.05) is 0 Å². The zero-order valence-corrected chi connectivity index (χ0v) is 9.31. The maximum Gasteiger partial charge on any atom is 0.185 e. The topological polar surface area (TPSA) is 87.4 Å². The molecule has 88 valence electrons. The maximum atomic E-state index is 10.7. The van der Waals surface area contributed by atoms with Gasteiger partial charge in [-0.3, -0.25) is 4.79 Å². The minimum absolute atomic E-state index is 0.181. The summed E-state index contributed by atoms with van der Waals surface area (Å²) >= 11 is 0. The normalized spacial score (nSPS) is 11.4. The molecule has 1 aromatic heterocycles. The van der Waals surface area contributed by atoms with Crippen molar-refractivity contribution < 1.29 is 22.2 Å². The van der Waals surface area contributed by atoms with Gasteiger partial charge in [0.05, 0.1) is 4.90 Å². The smallest absolute Gasteiger partial charge is 0.185 e. The lowest BCUT2D eigenvalue weighted by molar-refractivity contribution is 0.110. The Kier molecular flexibility index (Phi) is 2.83. The fraction of sp³-hybridized carbons (Fsp3) is 0. The molecule has 2 aromatic rings. The Bertz CT molecular complexity index is 637. The van der Waals surface area contributed by atoms with Crippen LogP contribution in [0, 0.1) is 0 Å². The molecule has 0 spiro atoms. The van der Waals surface area contributed by atoms with Crippen LogP contribution >= 0.6 is 0 Å². The lowest BCUT2D eigenvalue weighted by Crippen LogP contribution is -1.97. The first kappa shape index (κ1) is 11.6. The second-order valence-electron chi connectivity index (χ2n) is 3.30. The van der Waals surface area contributed by atoms with Crippen molar-refractivity contribution in [3.8, 4) is 11.3 Å². The van der Waals surface area contributed by atoms with Crippen LogP contribution < -0.4 is 0 Å². The summed E-state index contributed by atoms with van der Waals surface area (Å²) in [6, 6.07) is 8.36. The number of carbonyl (C=O) groups excluding carboxylic acids is 1. The standard InChI is InChI=1S/C11H8O5S/c12-7-9-3-6-11(16-9)8-1-4-10(5-2-8)17(13,14)15/h1-7H,(H,13,14,15)/p-1. The predicted octanol–water partition coefficient (Wildman–Crippen LogP) is 1.66. The molecule has 17 heavy (non-hydrogen) atoms. The Morgan fingerprint density at radius 2 is 1.71 bits per heavy atom. The molecule has 6 heteroatoms. The third kappa shape index (κ3) is 2.43. The summed E-state index contributed by atoms with van der Waals surface area (Å²) in [4.78, 5) is 10.1. The largest absolute Gasteiger partial charge is 0.744 e. The third-order valence-electron chi connectivity index (χ3n) is 2.17. The number of carbonyl (C=O) groups is 1. The van der Waals surface area contributed by atoms with Crippen LogP contribution in [0.2, 0.25) is 0 Å². The Morgan fingerprint density at radius 3 is 2.18 bits per heavy atom. The Hall–Kier alpha value is -1.92. The van der Waals surface area contributed by atoms with Gasteiger partial charge in [0, 0.05) is 5.56 Å². The molecule has 5 nitrogen and oxygen atoms in total. The summed E-state index contributed by atoms with van der Waals surface area (Å²) in [7, 11) is -4.44. The second-order valence-corrected chi connectivity index (χ2v) is 4.68. The predicted molar refractivity (Wildman–Crippen MR) is 57.5 cm³/mol. The van der Waals surface area contributed by atoms with Crippen molar-refractivity contribution in [1.82, 2.24) is 0 Å². The van der Waals surface area contributed by atoms with Crippen LogP contribution in [0.15, 0.2) is 45.7 Å². The van der Waals surface area contributed by atoms with Gasteiger partial charge in [0.25, 0.3) is 0 Å². The molecule has 0 aliphatic heterocycles. The van der Waals surface area contributed by atoms with Crippen molar-refractivity contribution >= 4 is 16.4 Å². The van der Waals surface area contributed by atoms with E-state index in [0.717, 1.165) is 0 Å². The highest BCUT2D eigenvalue weighted by atomic mass is 32.2. The van der Waals surface area contributed by atoms with Gasteiger partial charge in [-0.1, -0.05) is 0 Å². The molecule has 0 saturated heterocycles. The molecule has 0 atom stereocenters. The van der Waals surface area contributed by atoms with Crippen molar-refractivity contribution in [3.05, 3.63) is 42.2 Å². The van der Waals surface area contributed by atoms with Gasteiger partial charge in [0.15, 0.2) is 12.0 Å². The van der Waals surface area contributed by atoms with E-state index in [0.29, 0.717) is 17.6 Å². The van der Waals surface area contributed by atoms with Gasteiger partial charge in [0.2, 0.25) is 0 Å². The molecule has 0 N–H and O–H groups in total. The lowest BCUT2D eigenvalue weighted by atomic mass is 10.2. The van der Waals surface area contributed by atoms with Gasteiger partial charge in [-0.05, 0) is 36.4 Å². The van der Waals surface area contributed by atoms with E-state index in [-0.39, 0.29) is 10.7 Å². The van der Waals surface area contributed by atoms with Crippen LogP contribution in [0.5, 0.6) is 0 Å². The van der Waals surface area contributed by atoms with Gasteiger partial charge in [0.1, 0.15) is 15.9 Å². The summed E-state index contributed by atoms with van der Waals surface area (Å²) in [5.74, 6) is 0.613. The van der Waals surface area contributed by atoms with E-state index >= 15 is 0 Å². The van der Waals surface area contributed by atoms with Crippen molar-refractivity contribution in [3.63, 3.8) is 0 Å². The number of furan rings is 1. The van der Waals surface area contributed by atoms with Gasteiger partial charge in [-0.25, -0.2) is 8.42 Å². The zero-order chi connectivity index (χ0) is 12.5. The van der Waals surface area contributed by atoms with Gasteiger partial charge in [-0.2, -0.15) is 0 Å². The first-order valence-electron chi connectivity index (χ1n) is 4.62. The maximum absolute atomic E-state index is 10.7. The molecule has 2 rings (SSSR count). The van der Waals surface area contributed by atoms with E-state index in [1.807, 2.05) is 0 Å². The number of hydrogen-bond donors (Lipinski definition) is 0. The molecular weight excluding hydrogens is 244 g/mol. The van der Waals surface area contributed by atoms with Crippen LogP contribution in [0.4, 0.5) is 0 Å². The van der Waals surface area contributed by atoms with E-state index in [4.69, 9.17) is 4.42 Å². The summed E-state index contributed by atoms with van der Waals surface area (Å²) < 4.78 is 37.3. The van der Waals surface area contributed by atoms with E-state index in [9.17, 15) is 17.8 Å². The molecule has 0 bridgehead atoms. The quantitative estimate of drug-likeness (QED) is 0.611. The molecule has 0 aliphatic rings. The molecule has 0 saturated carbocycles. The molecule has 1 aromatic carbocycles. The summed E-state index contributed by atoms with van der Waals surface area (Å²) in [6.07, 6.45) is 0.569. The Morgan fingerprint density at radius 1 is 1.06 bits per heavy atom. The first-order chi connectivity index (χ1) is 8.00. The minimum Gasteiger partial charge on any atom is -0.744 e. The summed E-state index contributed by atoms with van der Waals surface area (Å²) in [5, 5.41) is 0.